The van der Waals surface area contributed by atoms with Gasteiger partial charge in [-0.25, -0.2) is 4.39 Å². The molecule has 1 fully saturated rings. The number of aromatic amines is 1. The maximum absolute atomic E-state index is 13.3. The van der Waals surface area contributed by atoms with E-state index in [0.717, 1.165) is 38.5 Å². The van der Waals surface area contributed by atoms with Crippen molar-refractivity contribution in [1.29, 1.82) is 0 Å². The van der Waals surface area contributed by atoms with Gasteiger partial charge in [-0.15, -0.1) is 10.2 Å². The lowest BCUT2D eigenvalue weighted by molar-refractivity contribution is 0.228. The highest BCUT2D eigenvalue weighted by atomic mass is 35.5. The number of nitrogens with one attached hydrogen (secondary N) is 2. The van der Waals surface area contributed by atoms with Gasteiger partial charge in [0.15, 0.2) is 5.82 Å². The molecule has 106 valence electrons. The Bertz CT molecular complexity index is 574. The van der Waals surface area contributed by atoms with Gasteiger partial charge in [-0.2, -0.15) is 0 Å². The van der Waals surface area contributed by atoms with Crippen molar-refractivity contribution < 1.29 is 4.39 Å². The number of nitrogens with zero attached hydrogens (tertiary/aromatic N) is 3. The Hall–Kier alpha value is -1.50. The van der Waals surface area contributed by atoms with Crippen molar-refractivity contribution in [3.63, 3.8) is 0 Å². The minimum Gasteiger partial charge on any atom is -0.324 e. The first-order chi connectivity index (χ1) is 9.70. The molecule has 0 bridgehead atoms. The summed E-state index contributed by atoms with van der Waals surface area (Å²) in [6.07, 6.45) is 0. The average molecular weight is 296 g/mol. The van der Waals surface area contributed by atoms with Crippen LogP contribution in [0.15, 0.2) is 18.2 Å². The van der Waals surface area contributed by atoms with Crippen LogP contribution in [-0.4, -0.2) is 46.3 Å². The number of H-pyrrole nitrogens is 1. The molecule has 2 N–H and O–H groups in total. The monoisotopic (exact) mass is 295 g/mol. The molecule has 0 amide bonds. The Morgan fingerprint density at radius 2 is 2.00 bits per heavy atom. The van der Waals surface area contributed by atoms with Gasteiger partial charge < -0.3 is 10.3 Å². The lowest BCUT2D eigenvalue weighted by Gasteiger charge is -2.25. The van der Waals surface area contributed by atoms with Crippen LogP contribution >= 0.6 is 11.6 Å². The summed E-state index contributed by atoms with van der Waals surface area (Å²) in [6.45, 7) is 4.67. The van der Waals surface area contributed by atoms with Gasteiger partial charge in [0.25, 0.3) is 0 Å². The number of piperazine rings is 1. The summed E-state index contributed by atoms with van der Waals surface area (Å²) in [7, 11) is 0. The van der Waals surface area contributed by atoms with Crippen LogP contribution in [0.2, 0.25) is 5.02 Å². The van der Waals surface area contributed by atoms with Gasteiger partial charge in [-0.1, -0.05) is 11.6 Å². The number of hydrogen-bond acceptors (Lipinski definition) is 4. The van der Waals surface area contributed by atoms with Crippen molar-refractivity contribution in [2.45, 2.75) is 6.54 Å². The SMILES string of the molecule is Fc1cc(Cl)cc(-c2nnc(CN3CCNCC3)[nH]2)c1. The number of hydrogen-bond donors (Lipinski definition) is 2. The molecule has 0 spiro atoms. The molecule has 3 rings (SSSR count). The molecule has 5 nitrogen and oxygen atoms in total. The average Bonchev–Trinajstić information content (AvgIpc) is 2.87. The van der Waals surface area contributed by atoms with Crippen LogP contribution in [-0.2, 0) is 6.54 Å². The Kier molecular flexibility index (Phi) is 3.95. The van der Waals surface area contributed by atoms with Gasteiger partial charge in [0.2, 0.25) is 0 Å². The molecule has 1 aromatic heterocycles. The van der Waals surface area contributed by atoms with Crippen LogP contribution in [0.5, 0.6) is 0 Å². The molecule has 7 heteroatoms. The van der Waals surface area contributed by atoms with Crippen molar-refractivity contribution >= 4 is 11.6 Å². The molecule has 0 atom stereocenters. The maximum atomic E-state index is 13.3. The summed E-state index contributed by atoms with van der Waals surface area (Å²) in [5, 5.41) is 11.8. The molecule has 1 aliphatic heterocycles. The summed E-state index contributed by atoms with van der Waals surface area (Å²) in [4.78, 5) is 5.41. The second kappa shape index (κ2) is 5.87. The van der Waals surface area contributed by atoms with E-state index >= 15 is 0 Å². The molecular weight excluding hydrogens is 281 g/mol. The highest BCUT2D eigenvalue weighted by Gasteiger charge is 2.13. The quantitative estimate of drug-likeness (QED) is 0.904. The molecule has 20 heavy (non-hydrogen) atoms. The van der Waals surface area contributed by atoms with Crippen LogP contribution in [0, 0.1) is 5.82 Å². The Balaban J connectivity index is 1.75. The molecule has 0 unspecified atom stereocenters. The first kappa shape index (κ1) is 13.5. The van der Waals surface area contributed by atoms with Crippen molar-refractivity contribution in [3.8, 4) is 11.4 Å². The van der Waals surface area contributed by atoms with Gasteiger partial charge in [0.1, 0.15) is 11.6 Å². The molecule has 0 saturated carbocycles. The molecule has 1 saturated heterocycles. The van der Waals surface area contributed by atoms with Gasteiger partial charge in [0, 0.05) is 36.8 Å². The van der Waals surface area contributed by atoms with Crippen molar-refractivity contribution in [3.05, 3.63) is 34.9 Å². The second-order valence-corrected chi connectivity index (χ2v) is 5.24. The van der Waals surface area contributed by atoms with E-state index in [1.54, 1.807) is 6.07 Å². The van der Waals surface area contributed by atoms with Gasteiger partial charge in [0.05, 0.1) is 6.54 Å². The normalized spacial score (nSPS) is 16.5. The molecule has 2 heterocycles. The molecular formula is C13H15ClFN5. The fourth-order valence-electron chi connectivity index (χ4n) is 2.27. The van der Waals surface area contributed by atoms with E-state index in [9.17, 15) is 4.39 Å². The third-order valence-corrected chi connectivity index (χ3v) is 3.47. The first-order valence-electron chi connectivity index (χ1n) is 6.52. The highest BCUT2D eigenvalue weighted by Crippen LogP contribution is 2.21. The largest absolute Gasteiger partial charge is 0.324 e. The summed E-state index contributed by atoms with van der Waals surface area (Å²) >= 11 is 5.85. The zero-order valence-corrected chi connectivity index (χ0v) is 11.6. The molecule has 1 aromatic carbocycles. The summed E-state index contributed by atoms with van der Waals surface area (Å²) < 4.78 is 13.3. The van der Waals surface area contributed by atoms with Crippen molar-refractivity contribution in [1.82, 2.24) is 25.4 Å². The fraction of sp³-hybridized carbons (Fsp3) is 0.385. The minimum atomic E-state index is -0.382. The van der Waals surface area contributed by atoms with E-state index < -0.39 is 0 Å². The molecule has 0 radical (unpaired) electrons. The third kappa shape index (κ3) is 3.15. The Morgan fingerprint density at radius 3 is 2.75 bits per heavy atom. The molecule has 2 aromatic rings. The number of rotatable bonds is 3. The fourth-order valence-corrected chi connectivity index (χ4v) is 2.49. The summed E-state index contributed by atoms with van der Waals surface area (Å²) in [6, 6.07) is 4.32. The van der Waals surface area contributed by atoms with E-state index in [2.05, 4.69) is 25.4 Å². The van der Waals surface area contributed by atoms with Crippen LogP contribution < -0.4 is 5.32 Å². The van der Waals surface area contributed by atoms with Crippen LogP contribution in [0.4, 0.5) is 4.39 Å². The number of halogens is 2. The lowest BCUT2D eigenvalue weighted by Crippen LogP contribution is -2.43. The standard InChI is InChI=1S/C13H15ClFN5/c14-10-5-9(6-11(15)7-10)13-17-12(18-19-13)8-20-3-1-16-2-4-20/h5-7,16H,1-4,8H2,(H,17,18,19). The number of benzene rings is 1. The Morgan fingerprint density at radius 1 is 1.20 bits per heavy atom. The highest BCUT2D eigenvalue weighted by molar-refractivity contribution is 6.30. The second-order valence-electron chi connectivity index (χ2n) is 4.80. The summed E-state index contributed by atoms with van der Waals surface area (Å²) in [5.74, 6) is 0.936. The lowest BCUT2D eigenvalue weighted by atomic mass is 10.2. The topological polar surface area (TPSA) is 56.8 Å². The van der Waals surface area contributed by atoms with Crippen LogP contribution in [0.25, 0.3) is 11.4 Å². The smallest absolute Gasteiger partial charge is 0.161 e. The van der Waals surface area contributed by atoms with Crippen LogP contribution in [0.1, 0.15) is 5.82 Å². The van der Waals surface area contributed by atoms with E-state index in [-0.39, 0.29) is 5.82 Å². The van der Waals surface area contributed by atoms with Crippen molar-refractivity contribution in [2.75, 3.05) is 26.2 Å². The Labute approximate surface area is 121 Å². The predicted octanol–water partition coefficient (Wildman–Crippen LogP) is 1.67. The zero-order chi connectivity index (χ0) is 13.9. The van der Waals surface area contributed by atoms with Crippen molar-refractivity contribution in [2.24, 2.45) is 0 Å². The summed E-state index contributed by atoms with van der Waals surface area (Å²) in [5.41, 5.74) is 0.606. The van der Waals surface area contributed by atoms with E-state index in [0.29, 0.717) is 16.4 Å². The minimum absolute atomic E-state index is 0.347. The predicted molar refractivity (Wildman–Crippen MR) is 74.9 cm³/mol. The first-order valence-corrected chi connectivity index (χ1v) is 6.89. The van der Waals surface area contributed by atoms with Gasteiger partial charge in [-0.05, 0) is 18.2 Å². The van der Waals surface area contributed by atoms with Crippen LogP contribution in [0.3, 0.4) is 0 Å². The van der Waals surface area contributed by atoms with Gasteiger partial charge >= 0.3 is 0 Å². The molecule has 1 aliphatic rings. The van der Waals surface area contributed by atoms with E-state index in [1.165, 1.54) is 12.1 Å². The van der Waals surface area contributed by atoms with E-state index in [1.807, 2.05) is 0 Å². The third-order valence-electron chi connectivity index (χ3n) is 3.25. The maximum Gasteiger partial charge on any atom is 0.161 e. The molecule has 0 aliphatic carbocycles. The number of aromatic nitrogens is 3. The zero-order valence-electron chi connectivity index (χ0n) is 10.9. The van der Waals surface area contributed by atoms with E-state index in [4.69, 9.17) is 11.6 Å². The van der Waals surface area contributed by atoms with Gasteiger partial charge in [-0.3, -0.25) is 4.90 Å².